The van der Waals surface area contributed by atoms with Crippen LogP contribution in [0.25, 0.3) is 0 Å². The number of aliphatic hydroxyl groups excluding tert-OH is 1. The molecule has 28 heavy (non-hydrogen) atoms. The van der Waals surface area contributed by atoms with Crippen molar-refractivity contribution in [3.05, 3.63) is 0 Å². The maximum Gasteiger partial charge on any atom is 3.00 e. The van der Waals surface area contributed by atoms with Crippen molar-refractivity contribution < 1.29 is 109 Å². The quantitative estimate of drug-likeness (QED) is 0.252. The molecule has 0 saturated carbocycles. The second-order valence-corrected chi connectivity index (χ2v) is 7.13. The monoisotopic (exact) mass is 538 g/mol. The van der Waals surface area contributed by atoms with Crippen LogP contribution < -0.4 is 0 Å². The van der Waals surface area contributed by atoms with E-state index in [4.69, 9.17) is 44.0 Å². The van der Waals surface area contributed by atoms with Crippen LogP contribution in [0.2, 0.25) is 0 Å². The molecule has 0 aromatic heterocycles. The van der Waals surface area contributed by atoms with Crippen molar-refractivity contribution in [2.24, 2.45) is 0 Å². The Hall–Kier alpha value is -0.0699. The van der Waals surface area contributed by atoms with Crippen molar-refractivity contribution in [3.63, 3.8) is 0 Å². The van der Waals surface area contributed by atoms with Crippen molar-refractivity contribution >= 4 is 30.4 Å². The molecule has 0 radical (unpaired) electrons. The van der Waals surface area contributed by atoms with E-state index in [1.807, 2.05) is 0 Å². The summed E-state index contributed by atoms with van der Waals surface area (Å²) in [4.78, 5) is 0. The molecule has 0 saturated heterocycles. The van der Waals surface area contributed by atoms with Crippen LogP contribution >= 0.6 is 0 Å². The molecule has 0 heterocycles. The fourth-order valence-electron chi connectivity index (χ4n) is 0. The molecule has 0 aliphatic carbocycles. The predicted molar refractivity (Wildman–Crippen MR) is 60.0 cm³/mol. The molecule has 0 bridgehead atoms. The van der Waals surface area contributed by atoms with Crippen molar-refractivity contribution in [1.82, 2.24) is 0 Å². The third kappa shape index (κ3) is 22.2. The summed E-state index contributed by atoms with van der Waals surface area (Å²) >= 11 is 0. The van der Waals surface area contributed by atoms with E-state index >= 15 is 0 Å². The van der Waals surface area contributed by atoms with Crippen LogP contribution in [0.5, 0.6) is 0 Å². The average Bonchev–Trinajstić information content (AvgIpc) is 2.22. The van der Waals surface area contributed by atoms with E-state index in [2.05, 4.69) is 0 Å². The molecule has 0 amide bonds. The van der Waals surface area contributed by atoms with Crippen LogP contribution in [0.1, 0.15) is 6.92 Å². The zero-order chi connectivity index (χ0) is 23.7. The molecule has 0 aromatic carbocycles. The number of halogens is 9. The number of hydrogen-bond acceptors (Lipinski definition) is 10. The van der Waals surface area contributed by atoms with Gasteiger partial charge in [0.05, 0.1) is 0 Å². The van der Waals surface area contributed by atoms with Crippen LogP contribution in [-0.4, -0.2) is 67.2 Å². The summed E-state index contributed by atoms with van der Waals surface area (Å²) in [5.41, 5.74) is -16.9. The second-order valence-electron chi connectivity index (χ2n) is 3.02. The van der Waals surface area contributed by atoms with Crippen LogP contribution in [0, 0.1) is 0 Å². The SMILES string of the molecule is CCO.O=S(=O)([O-])C(F)(F)F.O=S(=O)([O-])C(F)(F)F.O=S(=O)([O-])C(F)(F)F.[Sc+3]. The maximum absolute atomic E-state index is 10.7. The molecule has 23 heteroatoms. The number of hydrogen-bond donors (Lipinski definition) is 1. The van der Waals surface area contributed by atoms with Crippen molar-refractivity contribution in [2.75, 3.05) is 6.61 Å². The van der Waals surface area contributed by atoms with Gasteiger partial charge in [-0.25, -0.2) is 25.3 Å². The van der Waals surface area contributed by atoms with E-state index in [0.717, 1.165) is 0 Å². The minimum Gasteiger partial charge on any atom is -0.741 e. The Labute approximate surface area is 169 Å². The summed E-state index contributed by atoms with van der Waals surface area (Å²) in [5.74, 6) is 0. The summed E-state index contributed by atoms with van der Waals surface area (Å²) in [7, 11) is -18.3. The maximum atomic E-state index is 10.7. The molecule has 0 aromatic rings. The molecule has 170 valence electrons. The summed E-state index contributed by atoms with van der Waals surface area (Å²) in [6.45, 7) is 1.93. The largest absolute Gasteiger partial charge is 3.00 e. The number of rotatable bonds is 0. The van der Waals surface area contributed by atoms with Gasteiger partial charge in [-0.15, -0.1) is 0 Å². The third-order valence-corrected chi connectivity index (χ3v) is 2.55. The van der Waals surface area contributed by atoms with Crippen LogP contribution in [0.15, 0.2) is 0 Å². The van der Waals surface area contributed by atoms with Gasteiger partial charge in [0, 0.05) is 6.61 Å². The molecule has 0 rings (SSSR count). The first-order valence-electron chi connectivity index (χ1n) is 4.84. The Bertz CT molecular complexity index is 618. The molecule has 0 fully saturated rings. The Morgan fingerprint density at radius 1 is 0.607 bits per heavy atom. The van der Waals surface area contributed by atoms with Crippen LogP contribution in [0.4, 0.5) is 39.5 Å². The van der Waals surface area contributed by atoms with Gasteiger partial charge in [-0.3, -0.25) is 0 Å². The van der Waals surface area contributed by atoms with Gasteiger partial charge in [0.15, 0.2) is 30.4 Å². The van der Waals surface area contributed by atoms with Gasteiger partial charge in [0.2, 0.25) is 0 Å². The summed E-state index contributed by atoms with van der Waals surface area (Å²) < 4.78 is 177. The molecule has 0 aliphatic rings. The molecule has 1 N–H and O–H groups in total. The molecular formula is C5H6F9O10S3Sc. The molecule has 0 atom stereocenters. The van der Waals surface area contributed by atoms with E-state index in [1.54, 1.807) is 6.92 Å². The zero-order valence-corrected chi connectivity index (χ0v) is 16.8. The molecule has 0 unspecified atom stereocenters. The predicted octanol–water partition coefficient (Wildman–Crippen LogP) is 0.150. The van der Waals surface area contributed by atoms with E-state index in [0.29, 0.717) is 0 Å². The van der Waals surface area contributed by atoms with Gasteiger partial charge in [-0.2, -0.15) is 39.5 Å². The molecule has 0 spiro atoms. The minimum atomic E-state index is -6.09. The normalized spacial score (nSPS) is 12.6. The fourth-order valence-corrected chi connectivity index (χ4v) is 0. The zero-order valence-electron chi connectivity index (χ0n) is 12.5. The van der Waals surface area contributed by atoms with Gasteiger partial charge in [0.1, 0.15) is 0 Å². The number of alkyl halides is 9. The number of aliphatic hydroxyl groups is 1. The fraction of sp³-hybridized carbons (Fsp3) is 1.00. The van der Waals surface area contributed by atoms with Crippen molar-refractivity contribution in [2.45, 2.75) is 23.4 Å². The smallest absolute Gasteiger partial charge is 0.741 e. The van der Waals surface area contributed by atoms with Gasteiger partial charge >= 0.3 is 42.4 Å². The Balaban J connectivity index is -0.0000000866. The van der Waals surface area contributed by atoms with E-state index in [-0.39, 0.29) is 32.5 Å². The molecule has 10 nitrogen and oxygen atoms in total. The summed E-state index contributed by atoms with van der Waals surface area (Å²) in [5, 5.41) is 7.57. The molecular weight excluding hydrogens is 532 g/mol. The van der Waals surface area contributed by atoms with E-state index < -0.39 is 46.9 Å². The Morgan fingerprint density at radius 3 is 0.643 bits per heavy atom. The molecule has 0 aliphatic heterocycles. The van der Waals surface area contributed by atoms with Crippen LogP contribution in [-0.2, 0) is 56.2 Å². The van der Waals surface area contributed by atoms with Gasteiger partial charge < -0.3 is 18.8 Å². The van der Waals surface area contributed by atoms with E-state index in [1.165, 1.54) is 0 Å². The second kappa shape index (κ2) is 13.3. The average molecular weight is 538 g/mol. The Kier molecular flexibility index (Phi) is 18.3. The van der Waals surface area contributed by atoms with Crippen molar-refractivity contribution in [3.8, 4) is 0 Å². The first-order chi connectivity index (χ1) is 11.2. The van der Waals surface area contributed by atoms with Crippen LogP contribution in [0.3, 0.4) is 0 Å². The van der Waals surface area contributed by atoms with Gasteiger partial charge in [0.25, 0.3) is 0 Å². The van der Waals surface area contributed by atoms with Gasteiger partial charge in [-0.1, -0.05) is 0 Å². The first-order valence-corrected chi connectivity index (χ1v) is 9.06. The standard InChI is InChI=1S/C2H6O.3CHF3O3S.Sc/c1-2-3;3*2-1(3,4)8(5,6)7;/h3H,2H2,1H3;3*(H,5,6,7);/q;;;;+3/p-3. The van der Waals surface area contributed by atoms with E-state index in [9.17, 15) is 39.5 Å². The topological polar surface area (TPSA) is 192 Å². The summed E-state index contributed by atoms with van der Waals surface area (Å²) in [6.07, 6.45) is 0. The Morgan fingerprint density at radius 2 is 0.643 bits per heavy atom. The first kappa shape index (κ1) is 38.5. The minimum absolute atomic E-state index is 0. The van der Waals surface area contributed by atoms with Crippen molar-refractivity contribution in [1.29, 1.82) is 0 Å². The van der Waals surface area contributed by atoms with Gasteiger partial charge in [-0.05, 0) is 6.92 Å². The third-order valence-electron chi connectivity index (χ3n) is 0.850. The summed E-state index contributed by atoms with van der Waals surface area (Å²) in [6, 6.07) is 0.